The molecular formula is C15H20Cl2N4O2. The zero-order valence-electron chi connectivity index (χ0n) is 13.4. The van der Waals surface area contributed by atoms with Crippen LogP contribution in [0.4, 0.5) is 5.69 Å². The Bertz CT molecular complexity index is 716. The largest absolute Gasteiger partial charge is 0.496 e. The first kappa shape index (κ1) is 19.1. The van der Waals surface area contributed by atoms with E-state index in [4.69, 9.17) is 22.1 Å². The molecule has 1 amide bonds. The van der Waals surface area contributed by atoms with Crippen molar-refractivity contribution < 1.29 is 9.53 Å². The number of aryl methyl sites for hydroxylation is 1. The van der Waals surface area contributed by atoms with Crippen LogP contribution in [0.1, 0.15) is 34.6 Å². The van der Waals surface area contributed by atoms with Gasteiger partial charge in [0.05, 0.1) is 35.6 Å². The lowest BCUT2D eigenvalue weighted by Gasteiger charge is -2.16. The predicted octanol–water partition coefficient (Wildman–Crippen LogP) is 2.89. The Balaban J connectivity index is 0.00000264. The van der Waals surface area contributed by atoms with Crippen LogP contribution >= 0.6 is 24.0 Å². The SMILES string of the molecule is COc1cc(N)c(Cl)cc1C(=O)NC(C)c1cnn(C)c1C.Cl. The molecule has 0 saturated carbocycles. The molecule has 0 aliphatic carbocycles. The summed E-state index contributed by atoms with van der Waals surface area (Å²) in [5, 5.41) is 7.41. The van der Waals surface area contributed by atoms with Gasteiger partial charge in [-0.15, -0.1) is 12.4 Å². The molecule has 0 aliphatic rings. The third-order valence-corrected chi connectivity index (χ3v) is 3.98. The van der Waals surface area contributed by atoms with E-state index in [1.54, 1.807) is 10.9 Å². The van der Waals surface area contributed by atoms with E-state index in [-0.39, 0.29) is 24.4 Å². The van der Waals surface area contributed by atoms with E-state index in [0.717, 1.165) is 11.3 Å². The van der Waals surface area contributed by atoms with Gasteiger partial charge in [-0.1, -0.05) is 11.6 Å². The van der Waals surface area contributed by atoms with Crippen LogP contribution in [0, 0.1) is 6.92 Å². The van der Waals surface area contributed by atoms with Crippen molar-refractivity contribution in [3.05, 3.63) is 40.2 Å². The summed E-state index contributed by atoms with van der Waals surface area (Å²) in [5.41, 5.74) is 8.39. The molecule has 0 bridgehead atoms. The quantitative estimate of drug-likeness (QED) is 0.823. The van der Waals surface area contributed by atoms with E-state index < -0.39 is 0 Å². The number of rotatable bonds is 4. The summed E-state index contributed by atoms with van der Waals surface area (Å²) in [6.07, 6.45) is 1.74. The summed E-state index contributed by atoms with van der Waals surface area (Å²) in [7, 11) is 3.34. The van der Waals surface area contributed by atoms with E-state index in [1.807, 2.05) is 20.9 Å². The van der Waals surface area contributed by atoms with Crippen LogP contribution in [-0.2, 0) is 7.05 Å². The van der Waals surface area contributed by atoms with Crippen molar-refractivity contribution in [1.29, 1.82) is 0 Å². The number of halogens is 2. The number of benzene rings is 1. The van der Waals surface area contributed by atoms with E-state index in [9.17, 15) is 4.79 Å². The lowest BCUT2D eigenvalue weighted by molar-refractivity contribution is 0.0937. The van der Waals surface area contributed by atoms with Crippen molar-refractivity contribution in [2.45, 2.75) is 19.9 Å². The number of nitrogens with zero attached hydrogens (tertiary/aromatic N) is 2. The van der Waals surface area contributed by atoms with Crippen molar-refractivity contribution in [2.24, 2.45) is 7.05 Å². The normalized spacial score (nSPS) is 11.5. The summed E-state index contributed by atoms with van der Waals surface area (Å²) >= 11 is 6.00. The van der Waals surface area contributed by atoms with Crippen molar-refractivity contribution in [2.75, 3.05) is 12.8 Å². The van der Waals surface area contributed by atoms with Gasteiger partial charge < -0.3 is 15.8 Å². The summed E-state index contributed by atoms with van der Waals surface area (Å²) < 4.78 is 6.96. The summed E-state index contributed by atoms with van der Waals surface area (Å²) in [5.74, 6) is 0.101. The van der Waals surface area contributed by atoms with Crippen LogP contribution in [0.3, 0.4) is 0 Å². The Morgan fingerprint density at radius 1 is 1.48 bits per heavy atom. The number of nitrogens with two attached hydrogens (primary N) is 1. The van der Waals surface area contributed by atoms with Crippen LogP contribution < -0.4 is 15.8 Å². The number of methoxy groups -OCH3 is 1. The minimum absolute atomic E-state index is 0. The van der Waals surface area contributed by atoms with Gasteiger partial charge in [-0.25, -0.2) is 0 Å². The van der Waals surface area contributed by atoms with Crippen LogP contribution in [-0.4, -0.2) is 22.8 Å². The van der Waals surface area contributed by atoms with Gasteiger partial charge in [-0.2, -0.15) is 5.10 Å². The number of nitrogen functional groups attached to an aromatic ring is 1. The third kappa shape index (κ3) is 3.89. The number of amides is 1. The molecule has 1 heterocycles. The standard InChI is InChI=1S/C15H19ClN4O2.ClH/c1-8(11-7-18-20(3)9(11)2)19-15(21)10-5-12(16)13(17)6-14(10)22-4;/h5-8H,17H2,1-4H3,(H,19,21);1H. The van der Waals surface area contributed by atoms with E-state index in [1.165, 1.54) is 19.2 Å². The number of hydrogen-bond acceptors (Lipinski definition) is 4. The molecule has 23 heavy (non-hydrogen) atoms. The smallest absolute Gasteiger partial charge is 0.255 e. The lowest BCUT2D eigenvalue weighted by atomic mass is 10.1. The molecule has 0 fully saturated rings. The van der Waals surface area contributed by atoms with Crippen LogP contribution in [0.15, 0.2) is 18.3 Å². The molecule has 0 saturated heterocycles. The molecule has 126 valence electrons. The number of hydrogen-bond donors (Lipinski definition) is 2. The Kier molecular flexibility index (Phi) is 6.29. The second-order valence-corrected chi connectivity index (χ2v) is 5.49. The van der Waals surface area contributed by atoms with E-state index in [2.05, 4.69) is 10.4 Å². The first-order valence-corrected chi connectivity index (χ1v) is 7.15. The maximum atomic E-state index is 12.5. The van der Waals surface area contributed by atoms with Gasteiger partial charge in [0, 0.05) is 24.4 Å². The van der Waals surface area contributed by atoms with Crippen LogP contribution in [0.25, 0.3) is 0 Å². The highest BCUT2D eigenvalue weighted by Gasteiger charge is 2.19. The van der Waals surface area contributed by atoms with Gasteiger partial charge in [0.25, 0.3) is 5.91 Å². The molecule has 0 radical (unpaired) electrons. The van der Waals surface area contributed by atoms with Gasteiger partial charge >= 0.3 is 0 Å². The molecule has 0 spiro atoms. The molecule has 0 aliphatic heterocycles. The molecule has 2 aromatic rings. The van der Waals surface area contributed by atoms with Crippen molar-refractivity contribution in [3.8, 4) is 5.75 Å². The Morgan fingerprint density at radius 2 is 2.13 bits per heavy atom. The van der Waals surface area contributed by atoms with Crippen molar-refractivity contribution in [1.82, 2.24) is 15.1 Å². The lowest BCUT2D eigenvalue weighted by Crippen LogP contribution is -2.27. The summed E-state index contributed by atoms with van der Waals surface area (Å²) in [6.45, 7) is 3.85. The molecule has 6 nitrogen and oxygen atoms in total. The molecular weight excluding hydrogens is 339 g/mol. The highest BCUT2D eigenvalue weighted by atomic mass is 35.5. The maximum absolute atomic E-state index is 12.5. The van der Waals surface area contributed by atoms with Crippen LogP contribution in [0.5, 0.6) is 5.75 Å². The number of carbonyl (C=O) groups excluding carboxylic acids is 1. The average Bonchev–Trinajstić information content (AvgIpc) is 2.81. The molecule has 3 N–H and O–H groups in total. The topological polar surface area (TPSA) is 82.2 Å². The average molecular weight is 359 g/mol. The number of anilines is 1. The summed E-state index contributed by atoms with van der Waals surface area (Å²) in [4.78, 5) is 12.5. The second kappa shape index (κ2) is 7.57. The number of nitrogens with one attached hydrogen (secondary N) is 1. The number of carbonyl (C=O) groups is 1. The van der Waals surface area contributed by atoms with Gasteiger partial charge in [0.15, 0.2) is 0 Å². The monoisotopic (exact) mass is 358 g/mol. The third-order valence-electron chi connectivity index (χ3n) is 3.65. The van der Waals surface area contributed by atoms with E-state index in [0.29, 0.717) is 22.0 Å². The molecule has 1 aromatic heterocycles. The zero-order valence-corrected chi connectivity index (χ0v) is 15.0. The molecule has 1 unspecified atom stereocenters. The van der Waals surface area contributed by atoms with Gasteiger partial charge in [-0.05, 0) is 19.9 Å². The highest BCUT2D eigenvalue weighted by molar-refractivity contribution is 6.33. The maximum Gasteiger partial charge on any atom is 0.255 e. The predicted molar refractivity (Wildman–Crippen MR) is 93.5 cm³/mol. The van der Waals surface area contributed by atoms with Crippen molar-refractivity contribution in [3.63, 3.8) is 0 Å². The van der Waals surface area contributed by atoms with Crippen LogP contribution in [0.2, 0.25) is 5.02 Å². The van der Waals surface area contributed by atoms with Crippen molar-refractivity contribution >= 4 is 35.6 Å². The Morgan fingerprint density at radius 3 is 2.65 bits per heavy atom. The molecule has 1 aromatic carbocycles. The molecule has 1 atom stereocenters. The number of ether oxygens (including phenoxy) is 1. The summed E-state index contributed by atoms with van der Waals surface area (Å²) in [6, 6.07) is 2.85. The number of aromatic nitrogens is 2. The Hall–Kier alpha value is -1.92. The van der Waals surface area contributed by atoms with Gasteiger partial charge in [-0.3, -0.25) is 9.48 Å². The Labute approximate surface area is 146 Å². The van der Waals surface area contributed by atoms with Gasteiger partial charge in [0.2, 0.25) is 0 Å². The minimum atomic E-state index is -0.283. The minimum Gasteiger partial charge on any atom is -0.496 e. The fraction of sp³-hybridized carbons (Fsp3) is 0.333. The van der Waals surface area contributed by atoms with Gasteiger partial charge in [0.1, 0.15) is 5.75 Å². The highest BCUT2D eigenvalue weighted by Crippen LogP contribution is 2.29. The first-order valence-electron chi connectivity index (χ1n) is 6.77. The fourth-order valence-corrected chi connectivity index (χ4v) is 2.37. The van der Waals surface area contributed by atoms with E-state index >= 15 is 0 Å². The fourth-order valence-electron chi connectivity index (χ4n) is 2.21. The second-order valence-electron chi connectivity index (χ2n) is 5.08. The first-order chi connectivity index (χ1) is 10.3. The molecule has 2 rings (SSSR count). The zero-order chi connectivity index (χ0) is 16.4. The molecule has 8 heteroatoms.